The number of hydrogen-bond donors (Lipinski definition) is 0. The Morgan fingerprint density at radius 2 is 1.07 bits per heavy atom. The molecule has 0 fully saturated rings. The summed E-state index contributed by atoms with van der Waals surface area (Å²) < 4.78 is 5.56. The minimum atomic E-state index is -2.52. The van der Waals surface area contributed by atoms with E-state index in [4.69, 9.17) is 0 Å². The number of rotatable bonds is 14. The molecule has 29 heavy (non-hydrogen) atoms. The molecule has 1 aromatic rings. The van der Waals surface area contributed by atoms with Gasteiger partial charge in [-0.25, -0.2) is 0 Å². The van der Waals surface area contributed by atoms with E-state index in [-0.39, 0.29) is 0 Å². The van der Waals surface area contributed by atoms with Crippen molar-refractivity contribution in [1.29, 1.82) is 0 Å². The molecular weight excluding hydrogens is 507 g/mol. The topological polar surface area (TPSA) is 0 Å². The van der Waals surface area contributed by atoms with Crippen molar-refractivity contribution in [3.8, 4) is 0 Å². The average molecular weight is 558 g/mol. The molecule has 4 heteroatoms. The Kier molecular flexibility index (Phi) is 11.7. The van der Waals surface area contributed by atoms with Gasteiger partial charge in [0.05, 0.1) is 0 Å². The number of hydrogen-bond acceptors (Lipinski definition) is 1. The molecule has 0 bridgehead atoms. The SMILES string of the molecule is CCC[CH2][Sn]([CH2]CCC)([CH2]CCC)[C](Sc1ccccc1)([Si](C)(C)C)[Si](C)(C)C. The first-order chi connectivity index (χ1) is 13.5. The molecular formula is C25H50SSi2Sn. The maximum atomic E-state index is 2.75. The molecule has 0 N–H and O–H groups in total. The van der Waals surface area contributed by atoms with Crippen LogP contribution in [0.15, 0.2) is 35.2 Å². The van der Waals surface area contributed by atoms with Crippen LogP contribution in [-0.2, 0) is 0 Å². The molecule has 0 aliphatic carbocycles. The van der Waals surface area contributed by atoms with Crippen molar-refractivity contribution in [2.45, 2.75) is 119 Å². The van der Waals surface area contributed by atoms with Gasteiger partial charge in [-0.15, -0.1) is 0 Å². The molecule has 0 spiro atoms. The summed E-state index contributed by atoms with van der Waals surface area (Å²) in [7, 11) is -2.84. The third kappa shape index (κ3) is 6.64. The molecule has 1 rings (SSSR count). The van der Waals surface area contributed by atoms with Gasteiger partial charge < -0.3 is 0 Å². The van der Waals surface area contributed by atoms with Gasteiger partial charge in [0.15, 0.2) is 0 Å². The summed E-state index contributed by atoms with van der Waals surface area (Å²) in [6, 6.07) is 11.5. The van der Waals surface area contributed by atoms with E-state index in [1.807, 2.05) is 0 Å². The molecule has 0 nitrogen and oxygen atoms in total. The molecule has 0 saturated heterocycles. The van der Waals surface area contributed by atoms with E-state index in [1.165, 1.54) is 38.5 Å². The van der Waals surface area contributed by atoms with Crippen molar-refractivity contribution < 1.29 is 0 Å². The molecule has 0 saturated carbocycles. The standard InChI is InChI=1S/C13H23SSi2.3C4H9.Sn/c1-15(2,3)13(16(4,5)6)14-12-10-8-7-9-11-12;3*1-3-4-2;/h7-11H,1-6H3;3*1,3-4H2,2H3;. The van der Waals surface area contributed by atoms with Crippen LogP contribution in [0, 0.1) is 0 Å². The third-order valence-corrected chi connectivity index (χ3v) is 59.9. The Hall–Kier alpha value is 0.802. The zero-order valence-electron chi connectivity index (χ0n) is 21.2. The molecule has 0 atom stereocenters. The molecule has 0 amide bonds. The van der Waals surface area contributed by atoms with Crippen LogP contribution in [0.1, 0.15) is 59.3 Å². The fourth-order valence-electron chi connectivity index (χ4n) is 6.24. The van der Waals surface area contributed by atoms with Crippen LogP contribution in [0.2, 0.25) is 52.6 Å². The molecule has 0 aliphatic rings. The molecule has 0 aromatic heterocycles. The van der Waals surface area contributed by atoms with Gasteiger partial charge in [-0.1, -0.05) is 0 Å². The van der Waals surface area contributed by atoms with E-state index >= 15 is 0 Å². The Morgan fingerprint density at radius 1 is 0.690 bits per heavy atom. The molecule has 0 heterocycles. The second kappa shape index (κ2) is 12.2. The summed E-state index contributed by atoms with van der Waals surface area (Å²) in [5, 5.41) is 0. The fourth-order valence-corrected chi connectivity index (χ4v) is 73.6. The first-order valence-corrected chi connectivity index (χ1v) is 27.5. The predicted molar refractivity (Wildman–Crippen MR) is 147 cm³/mol. The Bertz CT molecular complexity index is 539. The van der Waals surface area contributed by atoms with E-state index in [0.717, 1.165) is 0 Å². The van der Waals surface area contributed by atoms with Gasteiger partial charge in [0, 0.05) is 0 Å². The van der Waals surface area contributed by atoms with Gasteiger partial charge in [0.1, 0.15) is 0 Å². The van der Waals surface area contributed by atoms with Gasteiger partial charge in [-0.05, 0) is 0 Å². The van der Waals surface area contributed by atoms with Gasteiger partial charge in [0.2, 0.25) is 0 Å². The van der Waals surface area contributed by atoms with E-state index in [0.29, 0.717) is 2.01 Å². The fraction of sp³-hybridized carbons (Fsp3) is 0.760. The Labute approximate surface area is 194 Å². The van der Waals surface area contributed by atoms with E-state index in [2.05, 4.69) is 102 Å². The monoisotopic (exact) mass is 558 g/mol. The summed E-state index contributed by atoms with van der Waals surface area (Å²) >= 11 is -0.0950. The van der Waals surface area contributed by atoms with Crippen LogP contribution in [0.25, 0.3) is 0 Å². The van der Waals surface area contributed by atoms with Crippen molar-refractivity contribution in [2.24, 2.45) is 0 Å². The molecule has 1 aromatic carbocycles. The van der Waals surface area contributed by atoms with Crippen LogP contribution in [-0.4, -0.2) is 36.5 Å². The van der Waals surface area contributed by atoms with Crippen LogP contribution >= 0.6 is 11.8 Å². The van der Waals surface area contributed by atoms with Crippen molar-refractivity contribution in [1.82, 2.24) is 0 Å². The summed E-state index contributed by atoms with van der Waals surface area (Å²) in [5.74, 6) is 0. The second-order valence-electron chi connectivity index (χ2n) is 11.2. The van der Waals surface area contributed by atoms with Gasteiger partial charge in [-0.3, -0.25) is 0 Å². The van der Waals surface area contributed by atoms with Gasteiger partial charge >= 0.3 is 195 Å². The normalized spacial score (nSPS) is 13.7. The molecule has 168 valence electrons. The number of benzene rings is 1. The van der Waals surface area contributed by atoms with Crippen molar-refractivity contribution in [2.75, 3.05) is 0 Å². The quantitative estimate of drug-likeness (QED) is 0.162. The first kappa shape index (κ1) is 27.8. The van der Waals surface area contributed by atoms with Gasteiger partial charge in [-0.2, -0.15) is 0 Å². The maximum absolute atomic E-state index is 2.75. The van der Waals surface area contributed by atoms with Crippen LogP contribution < -0.4 is 0 Å². The zero-order valence-corrected chi connectivity index (χ0v) is 26.8. The van der Waals surface area contributed by atoms with Crippen molar-refractivity contribution in [3.63, 3.8) is 0 Å². The second-order valence-corrected chi connectivity index (χ2v) is 41.8. The van der Waals surface area contributed by atoms with E-state index < -0.39 is 34.5 Å². The predicted octanol–water partition coefficient (Wildman–Crippen LogP) is 9.66. The van der Waals surface area contributed by atoms with Crippen molar-refractivity contribution in [3.05, 3.63) is 30.3 Å². The van der Waals surface area contributed by atoms with E-state index in [9.17, 15) is 0 Å². The third-order valence-electron chi connectivity index (χ3n) is 6.90. The molecule has 0 aliphatic heterocycles. The summed E-state index contributed by atoms with van der Waals surface area (Å²) in [5.41, 5.74) is 0. The Morgan fingerprint density at radius 3 is 1.38 bits per heavy atom. The summed E-state index contributed by atoms with van der Waals surface area (Å²) in [4.78, 5) is 1.56. The number of thioether (sulfide) groups is 1. The zero-order chi connectivity index (χ0) is 22.2. The average Bonchev–Trinajstić information content (AvgIpc) is 2.65. The van der Waals surface area contributed by atoms with Crippen LogP contribution in [0.5, 0.6) is 0 Å². The summed E-state index contributed by atoms with van der Waals surface area (Å²) in [6.07, 6.45) is 8.57. The summed E-state index contributed by atoms with van der Waals surface area (Å²) in [6.45, 7) is 23.7. The Balaban J connectivity index is 3.78. The molecule has 0 unspecified atom stereocenters. The number of unbranched alkanes of at least 4 members (excludes halogenated alkanes) is 3. The molecule has 0 radical (unpaired) electrons. The van der Waals surface area contributed by atoms with Crippen LogP contribution in [0.4, 0.5) is 0 Å². The van der Waals surface area contributed by atoms with Gasteiger partial charge in [0.25, 0.3) is 0 Å². The van der Waals surface area contributed by atoms with Crippen LogP contribution in [0.3, 0.4) is 0 Å². The first-order valence-electron chi connectivity index (χ1n) is 12.3. The van der Waals surface area contributed by atoms with E-state index in [1.54, 1.807) is 18.2 Å². The minimum absolute atomic E-state index is 0.648. The van der Waals surface area contributed by atoms with Crippen molar-refractivity contribution >= 4 is 46.3 Å².